The van der Waals surface area contributed by atoms with Crippen LogP contribution < -0.4 is 0 Å². The summed E-state index contributed by atoms with van der Waals surface area (Å²) in [6.07, 6.45) is 0. The van der Waals surface area contributed by atoms with Gasteiger partial charge >= 0.3 is 0 Å². The minimum Gasteiger partial charge on any atom is -0.353 e. The Morgan fingerprint density at radius 3 is 0.609 bits per heavy atom. The molecular formula is C88H54N4. The van der Waals surface area contributed by atoms with Gasteiger partial charge < -0.3 is 9.97 Å². The number of rotatable bonds is 4. The highest BCUT2D eigenvalue weighted by molar-refractivity contribution is 6.47. The molecule has 0 amide bonds. The van der Waals surface area contributed by atoms with Gasteiger partial charge in [0.2, 0.25) is 0 Å². The smallest absolute Gasteiger partial charge is 0.0822 e. The summed E-state index contributed by atoms with van der Waals surface area (Å²) in [6.45, 7) is 8.89. The van der Waals surface area contributed by atoms with Crippen molar-refractivity contribution in [3.05, 3.63) is 265 Å². The molecule has 0 aliphatic heterocycles. The Bertz CT molecular complexity index is 5790. The Balaban J connectivity index is 1.19. The predicted molar refractivity (Wildman–Crippen MR) is 394 cm³/mol. The van der Waals surface area contributed by atoms with Crippen LogP contribution in [-0.4, -0.2) is 19.9 Å². The summed E-state index contributed by atoms with van der Waals surface area (Å²) < 4.78 is 0. The summed E-state index contributed by atoms with van der Waals surface area (Å²) in [5, 5.41) is 28.7. The predicted octanol–water partition coefficient (Wildman–Crippen LogP) is 24.4. The molecule has 0 aliphatic carbocycles. The zero-order chi connectivity index (χ0) is 60.5. The monoisotopic (exact) mass is 1170 g/mol. The summed E-state index contributed by atoms with van der Waals surface area (Å²) in [5.74, 6) is 0. The summed E-state index contributed by atoms with van der Waals surface area (Å²) in [6, 6.07) is 91.6. The third-order valence-corrected chi connectivity index (χ3v) is 20.8. The van der Waals surface area contributed by atoms with Crippen molar-refractivity contribution in [2.24, 2.45) is 0 Å². The van der Waals surface area contributed by atoms with Gasteiger partial charge in [0, 0.05) is 65.3 Å². The third kappa shape index (κ3) is 6.50. The molecule has 0 unspecified atom stereocenters. The van der Waals surface area contributed by atoms with Gasteiger partial charge in [0.05, 0.1) is 44.1 Å². The van der Waals surface area contributed by atoms with Crippen LogP contribution >= 0.6 is 0 Å². The molecule has 0 radical (unpaired) electrons. The number of benzene rings is 12. The Labute approximate surface area is 527 Å². The molecule has 92 heavy (non-hydrogen) atoms. The topological polar surface area (TPSA) is 57.4 Å². The van der Waals surface area contributed by atoms with Gasteiger partial charge in [0.1, 0.15) is 0 Å². The first-order chi connectivity index (χ1) is 45.3. The van der Waals surface area contributed by atoms with Crippen LogP contribution in [0.4, 0.5) is 0 Å². The summed E-state index contributed by atoms with van der Waals surface area (Å²) >= 11 is 0. The van der Waals surface area contributed by atoms with E-state index in [4.69, 9.17) is 9.97 Å². The van der Waals surface area contributed by atoms with Crippen LogP contribution in [0.15, 0.2) is 243 Å². The van der Waals surface area contributed by atoms with Crippen molar-refractivity contribution in [1.82, 2.24) is 19.9 Å². The summed E-state index contributed by atoms with van der Waals surface area (Å²) in [4.78, 5) is 22.0. The molecule has 17 aromatic carbocycles. The van der Waals surface area contributed by atoms with E-state index >= 15 is 0 Å². The number of aromatic amines is 2. The van der Waals surface area contributed by atoms with E-state index < -0.39 is 0 Å². The average Bonchev–Trinajstić information content (AvgIpc) is 1.53. The Hall–Kier alpha value is -11.7. The first kappa shape index (κ1) is 50.2. The first-order valence-electron chi connectivity index (χ1n) is 32.1. The van der Waals surface area contributed by atoms with Crippen molar-refractivity contribution in [2.45, 2.75) is 27.7 Å². The van der Waals surface area contributed by atoms with E-state index in [9.17, 15) is 0 Å². The second-order valence-electron chi connectivity index (χ2n) is 26.2. The van der Waals surface area contributed by atoms with Crippen LogP contribution in [0.3, 0.4) is 0 Å². The normalized spacial score (nSPS) is 12.6. The van der Waals surface area contributed by atoms with Crippen LogP contribution in [-0.2, 0) is 0 Å². The lowest BCUT2D eigenvalue weighted by atomic mass is 9.98. The van der Waals surface area contributed by atoms with E-state index in [1.54, 1.807) is 0 Å². The molecule has 0 saturated heterocycles. The Morgan fingerprint density at radius 1 is 0.207 bits per heavy atom. The van der Waals surface area contributed by atoms with Crippen LogP contribution in [0, 0.1) is 27.7 Å². The summed E-state index contributed by atoms with van der Waals surface area (Å²) in [5.41, 5.74) is 21.1. The van der Waals surface area contributed by atoms with Crippen molar-refractivity contribution < 1.29 is 0 Å². The number of hydrogen-bond donors (Lipinski definition) is 2. The molecule has 0 saturated carbocycles. The molecule has 21 rings (SSSR count). The molecule has 426 valence electrons. The minimum absolute atomic E-state index is 0.940. The Kier molecular flexibility index (Phi) is 9.82. The zero-order valence-electron chi connectivity index (χ0n) is 51.0. The van der Waals surface area contributed by atoms with E-state index in [1.807, 2.05) is 0 Å². The van der Waals surface area contributed by atoms with Gasteiger partial charge in [0.15, 0.2) is 0 Å². The molecule has 8 bridgehead atoms. The van der Waals surface area contributed by atoms with Crippen molar-refractivity contribution >= 4 is 173 Å². The second kappa shape index (κ2) is 18.0. The van der Waals surface area contributed by atoms with E-state index in [0.717, 1.165) is 110 Å². The van der Waals surface area contributed by atoms with Crippen LogP contribution in [0.1, 0.15) is 22.3 Å². The minimum atomic E-state index is 0.940. The van der Waals surface area contributed by atoms with Gasteiger partial charge in [-0.25, -0.2) is 9.97 Å². The molecule has 0 atom stereocenters. The summed E-state index contributed by atoms with van der Waals surface area (Å²) in [7, 11) is 0. The zero-order valence-corrected chi connectivity index (χ0v) is 51.0. The molecule has 0 aliphatic rings. The molecule has 2 N–H and O–H groups in total. The number of H-pyrrole nitrogens is 2. The molecule has 21 aromatic rings. The van der Waals surface area contributed by atoms with E-state index in [1.165, 1.54) is 130 Å². The van der Waals surface area contributed by atoms with Gasteiger partial charge in [-0.2, -0.15) is 0 Å². The molecular weight excluding hydrogens is 1110 g/mol. The van der Waals surface area contributed by atoms with Gasteiger partial charge in [-0.15, -0.1) is 0 Å². The lowest BCUT2D eigenvalue weighted by molar-refractivity contribution is 1.45. The maximum Gasteiger partial charge on any atom is 0.0822 e. The second-order valence-corrected chi connectivity index (χ2v) is 26.2. The molecule has 0 spiro atoms. The lowest BCUT2D eigenvalue weighted by Crippen LogP contribution is -1.87. The number of nitrogens with one attached hydrogen (secondary N) is 2. The van der Waals surface area contributed by atoms with Gasteiger partial charge in [-0.05, 0) is 136 Å². The fraction of sp³-hybridized carbons (Fsp3) is 0.0455. The van der Waals surface area contributed by atoms with E-state index in [0.29, 0.717) is 0 Å². The first-order valence-corrected chi connectivity index (χ1v) is 32.1. The van der Waals surface area contributed by atoms with Gasteiger partial charge in [-0.3, -0.25) is 0 Å². The van der Waals surface area contributed by atoms with Gasteiger partial charge in [-0.1, -0.05) is 265 Å². The fourth-order valence-corrected chi connectivity index (χ4v) is 17.4. The number of hydrogen-bond acceptors (Lipinski definition) is 2. The molecule has 4 heteroatoms. The van der Waals surface area contributed by atoms with Crippen LogP contribution in [0.25, 0.3) is 218 Å². The molecule has 4 nitrogen and oxygen atoms in total. The Morgan fingerprint density at radius 2 is 0.402 bits per heavy atom. The average molecular weight is 1170 g/mol. The standard InChI is InChI=1S/C88H54N4/c1-45-17-5-29-53(41-45)69-81-73-57-33-9-21-49-23-11-35-59(65(49)57)75(73)83(89-81)70(54-30-6-18-46(2)42-54)85-77-61-37-13-25-51-27-15-39-63(67(51)61)79(77)87(91-85)72(56-32-8-20-48(4)44-56)88-80-64-40-16-28-52-26-14-38-62(68(52)64)78(80)86(92-88)71(55-31-7-19-47(3)43-55)84-76-60-36-12-24-50-22-10-34-58(66(50)60)74(76)82(69)90-84/h5-44,89,92H,1-4H3. The fourth-order valence-electron chi connectivity index (χ4n) is 17.4. The quantitative estimate of drug-likeness (QED) is 0.184. The number of aromatic nitrogens is 4. The largest absolute Gasteiger partial charge is 0.353 e. The highest BCUT2D eigenvalue weighted by atomic mass is 14.8. The van der Waals surface area contributed by atoms with Crippen LogP contribution in [0.2, 0.25) is 0 Å². The van der Waals surface area contributed by atoms with Gasteiger partial charge in [0.25, 0.3) is 0 Å². The number of nitrogens with zero attached hydrogens (tertiary/aromatic N) is 2. The molecule has 4 aromatic heterocycles. The van der Waals surface area contributed by atoms with E-state index in [2.05, 4.69) is 280 Å². The molecule has 4 heterocycles. The third-order valence-electron chi connectivity index (χ3n) is 20.8. The lowest BCUT2D eigenvalue weighted by Gasteiger charge is -2.09. The van der Waals surface area contributed by atoms with Crippen molar-refractivity contribution in [3.63, 3.8) is 0 Å². The maximum atomic E-state index is 6.48. The van der Waals surface area contributed by atoms with Crippen molar-refractivity contribution in [1.29, 1.82) is 0 Å². The highest BCUT2D eigenvalue weighted by Crippen LogP contribution is 2.56. The van der Waals surface area contributed by atoms with E-state index in [-0.39, 0.29) is 0 Å². The number of aryl methyl sites for hydroxylation is 4. The van der Waals surface area contributed by atoms with Crippen molar-refractivity contribution in [2.75, 3.05) is 0 Å². The highest BCUT2D eigenvalue weighted by Gasteiger charge is 2.31. The van der Waals surface area contributed by atoms with Crippen molar-refractivity contribution in [3.8, 4) is 44.5 Å². The maximum absolute atomic E-state index is 6.48. The molecule has 0 fully saturated rings. The SMILES string of the molecule is Cc1cccc(-c2c3nc(c(-c4cccc(C)c4)c4[nH]c(c(-c5cccc(C)c5)c5nc(c(-c6cccc(C)c6)c6[nH]c2c2c7cccc8cccc(c87)c62)c2c6cccc7cccc(c76)c52)c2c5cccc6cccc(c65)c42)c2c4cccc5cccc(c54)c32)c1. The van der Waals surface area contributed by atoms with Crippen LogP contribution in [0.5, 0.6) is 0 Å².